The van der Waals surface area contributed by atoms with Crippen molar-refractivity contribution in [3.05, 3.63) is 63.2 Å². The summed E-state index contributed by atoms with van der Waals surface area (Å²) in [5.74, 6) is 0.145. The maximum absolute atomic E-state index is 12.4. The van der Waals surface area contributed by atoms with Crippen LogP contribution in [0.1, 0.15) is 47.7 Å². The number of nitrogens with zero attached hydrogens (tertiary/aromatic N) is 2. The van der Waals surface area contributed by atoms with E-state index in [2.05, 4.69) is 36.3 Å². The van der Waals surface area contributed by atoms with E-state index in [1.54, 1.807) is 6.92 Å². The Morgan fingerprint density at radius 1 is 1.31 bits per heavy atom. The Hall–Kier alpha value is -2.80. The molecule has 1 N–H and O–H groups in total. The molecule has 3 rings (SSSR count). The second-order valence-electron chi connectivity index (χ2n) is 6.27. The summed E-state index contributed by atoms with van der Waals surface area (Å²) in [5.41, 5.74) is 2.92. The average molecular weight is 369 g/mol. The summed E-state index contributed by atoms with van der Waals surface area (Å²) in [7, 11) is 0. The van der Waals surface area contributed by atoms with Crippen molar-refractivity contribution in [1.82, 2.24) is 4.98 Å². The molecule has 1 amide bonds. The lowest BCUT2D eigenvalue weighted by atomic mass is 9.99. The first kappa shape index (κ1) is 18.0. The third-order valence-corrected chi connectivity index (χ3v) is 5.40. The zero-order valence-corrected chi connectivity index (χ0v) is 15.6. The number of nitro groups is 1. The predicted molar refractivity (Wildman–Crippen MR) is 104 cm³/mol. The summed E-state index contributed by atoms with van der Waals surface area (Å²) in [6, 6.07) is 10.5. The van der Waals surface area contributed by atoms with Gasteiger partial charge in [-0.05, 0) is 49.1 Å². The Kier molecular flexibility index (Phi) is 4.99. The molecule has 134 valence electrons. The number of aryl methyl sites for hydroxylation is 1. The largest absolute Gasteiger partial charge is 0.298 e. The molecule has 0 bridgehead atoms. The first-order valence-electron chi connectivity index (χ1n) is 8.36. The number of carbonyl (C=O) groups is 1. The molecule has 1 heterocycles. The van der Waals surface area contributed by atoms with Crippen LogP contribution in [0, 0.1) is 17.0 Å². The first-order valence-corrected chi connectivity index (χ1v) is 9.17. The molecule has 0 saturated heterocycles. The Bertz CT molecular complexity index is 997. The van der Waals surface area contributed by atoms with Gasteiger partial charge in [0.25, 0.3) is 11.6 Å². The summed E-state index contributed by atoms with van der Waals surface area (Å²) in [6.45, 7) is 5.95. The number of hydrogen-bond acceptors (Lipinski definition) is 5. The molecule has 1 aromatic heterocycles. The Morgan fingerprint density at radius 3 is 2.73 bits per heavy atom. The van der Waals surface area contributed by atoms with Crippen molar-refractivity contribution in [2.24, 2.45) is 0 Å². The van der Waals surface area contributed by atoms with E-state index in [0.717, 1.165) is 16.6 Å². The standard InChI is InChI=1S/C19H19N3O3S/c1-4-11(2)13-5-7-15-17(10-13)26-19(20-15)21-18(23)14-6-8-16(22(24)25)12(3)9-14/h5-11H,4H2,1-3H3,(H,20,21,23). The first-order chi connectivity index (χ1) is 12.4. The van der Waals surface area contributed by atoms with Crippen molar-refractivity contribution >= 4 is 38.3 Å². The highest BCUT2D eigenvalue weighted by Gasteiger charge is 2.15. The van der Waals surface area contributed by atoms with Gasteiger partial charge in [-0.15, -0.1) is 0 Å². The number of nitro benzene ring substituents is 1. The van der Waals surface area contributed by atoms with Gasteiger partial charge in [-0.1, -0.05) is 31.3 Å². The van der Waals surface area contributed by atoms with Gasteiger partial charge >= 0.3 is 0 Å². The van der Waals surface area contributed by atoms with E-state index in [4.69, 9.17) is 0 Å². The van der Waals surface area contributed by atoms with Gasteiger partial charge in [-0.2, -0.15) is 0 Å². The second kappa shape index (κ2) is 7.21. The number of carbonyl (C=O) groups excluding carboxylic acids is 1. The van der Waals surface area contributed by atoms with E-state index < -0.39 is 4.92 Å². The quantitative estimate of drug-likeness (QED) is 0.490. The van der Waals surface area contributed by atoms with E-state index >= 15 is 0 Å². The molecular weight excluding hydrogens is 350 g/mol. The monoisotopic (exact) mass is 369 g/mol. The van der Waals surface area contributed by atoms with Gasteiger partial charge in [0.05, 0.1) is 15.1 Å². The number of benzene rings is 2. The minimum atomic E-state index is -0.459. The van der Waals surface area contributed by atoms with E-state index in [0.29, 0.717) is 22.2 Å². The van der Waals surface area contributed by atoms with Crippen LogP contribution in [-0.2, 0) is 0 Å². The zero-order valence-electron chi connectivity index (χ0n) is 14.8. The predicted octanol–water partition coefficient (Wildman–Crippen LogP) is 5.28. The molecular formula is C19H19N3O3S. The molecule has 0 aliphatic carbocycles. The number of thiazole rings is 1. The summed E-state index contributed by atoms with van der Waals surface area (Å²) < 4.78 is 1.03. The highest BCUT2D eigenvalue weighted by Crippen LogP contribution is 2.30. The molecule has 26 heavy (non-hydrogen) atoms. The molecule has 2 aromatic carbocycles. The van der Waals surface area contributed by atoms with E-state index in [1.165, 1.54) is 35.1 Å². The number of aromatic nitrogens is 1. The van der Waals surface area contributed by atoms with E-state index in [1.807, 2.05) is 6.07 Å². The molecule has 1 unspecified atom stereocenters. The zero-order chi connectivity index (χ0) is 18.8. The SMILES string of the molecule is CCC(C)c1ccc2nc(NC(=O)c3ccc([N+](=O)[O-])c(C)c3)sc2c1. The number of rotatable bonds is 5. The van der Waals surface area contributed by atoms with Crippen molar-refractivity contribution < 1.29 is 9.72 Å². The highest BCUT2D eigenvalue weighted by atomic mass is 32.1. The molecule has 6 nitrogen and oxygen atoms in total. The number of amides is 1. The van der Waals surface area contributed by atoms with Crippen LogP contribution in [-0.4, -0.2) is 15.8 Å². The van der Waals surface area contributed by atoms with Gasteiger partial charge in [0.2, 0.25) is 0 Å². The third-order valence-electron chi connectivity index (χ3n) is 4.47. The van der Waals surface area contributed by atoms with Crippen LogP contribution in [0.5, 0.6) is 0 Å². The summed E-state index contributed by atoms with van der Waals surface area (Å²) >= 11 is 1.42. The topological polar surface area (TPSA) is 85.1 Å². The van der Waals surface area contributed by atoms with Crippen molar-refractivity contribution in [1.29, 1.82) is 0 Å². The molecule has 0 radical (unpaired) electrons. The molecule has 0 spiro atoms. The highest BCUT2D eigenvalue weighted by molar-refractivity contribution is 7.22. The molecule has 0 fully saturated rings. The van der Waals surface area contributed by atoms with Crippen LogP contribution in [0.2, 0.25) is 0 Å². The smallest absolute Gasteiger partial charge is 0.272 e. The van der Waals surface area contributed by atoms with Gasteiger partial charge in [0, 0.05) is 17.2 Å². The van der Waals surface area contributed by atoms with Crippen LogP contribution in [0.25, 0.3) is 10.2 Å². The minimum Gasteiger partial charge on any atom is -0.298 e. The van der Waals surface area contributed by atoms with Crippen molar-refractivity contribution in [3.63, 3.8) is 0 Å². The lowest BCUT2D eigenvalue weighted by Crippen LogP contribution is -2.12. The Labute approximate surface area is 155 Å². The number of nitrogens with one attached hydrogen (secondary N) is 1. The van der Waals surface area contributed by atoms with Gasteiger partial charge in [0.1, 0.15) is 0 Å². The molecule has 0 aliphatic heterocycles. The number of hydrogen-bond donors (Lipinski definition) is 1. The normalized spacial score (nSPS) is 12.1. The van der Waals surface area contributed by atoms with Gasteiger partial charge in [0.15, 0.2) is 5.13 Å². The van der Waals surface area contributed by atoms with Crippen LogP contribution in [0.3, 0.4) is 0 Å². The summed E-state index contributed by atoms with van der Waals surface area (Å²) in [4.78, 5) is 27.3. The lowest BCUT2D eigenvalue weighted by Gasteiger charge is -2.07. The molecule has 3 aromatic rings. The number of anilines is 1. The van der Waals surface area contributed by atoms with Crippen LogP contribution in [0.15, 0.2) is 36.4 Å². The minimum absolute atomic E-state index is 0.000824. The van der Waals surface area contributed by atoms with Gasteiger partial charge in [-0.3, -0.25) is 20.2 Å². The van der Waals surface area contributed by atoms with Crippen molar-refractivity contribution in [2.75, 3.05) is 5.32 Å². The van der Waals surface area contributed by atoms with E-state index in [-0.39, 0.29) is 11.6 Å². The average Bonchev–Trinajstić information content (AvgIpc) is 3.01. The lowest BCUT2D eigenvalue weighted by molar-refractivity contribution is -0.385. The van der Waals surface area contributed by atoms with Gasteiger partial charge < -0.3 is 0 Å². The van der Waals surface area contributed by atoms with Gasteiger partial charge in [-0.25, -0.2) is 4.98 Å². The fourth-order valence-electron chi connectivity index (χ4n) is 2.71. The Balaban J connectivity index is 1.83. The molecule has 7 heteroatoms. The van der Waals surface area contributed by atoms with Crippen LogP contribution < -0.4 is 5.32 Å². The fraction of sp³-hybridized carbons (Fsp3) is 0.263. The molecule has 0 saturated carbocycles. The fourth-order valence-corrected chi connectivity index (χ4v) is 3.62. The molecule has 1 atom stereocenters. The maximum atomic E-state index is 12.4. The van der Waals surface area contributed by atoms with Crippen molar-refractivity contribution in [3.8, 4) is 0 Å². The van der Waals surface area contributed by atoms with E-state index in [9.17, 15) is 14.9 Å². The number of fused-ring (bicyclic) bond motifs is 1. The molecule has 0 aliphatic rings. The van der Waals surface area contributed by atoms with Crippen LogP contribution >= 0.6 is 11.3 Å². The Morgan fingerprint density at radius 2 is 2.08 bits per heavy atom. The second-order valence-corrected chi connectivity index (χ2v) is 7.30. The van der Waals surface area contributed by atoms with Crippen LogP contribution in [0.4, 0.5) is 10.8 Å². The third kappa shape index (κ3) is 3.57. The maximum Gasteiger partial charge on any atom is 0.272 e. The summed E-state index contributed by atoms with van der Waals surface area (Å²) in [6.07, 6.45) is 1.06. The van der Waals surface area contributed by atoms with Crippen molar-refractivity contribution in [2.45, 2.75) is 33.1 Å². The summed E-state index contributed by atoms with van der Waals surface area (Å²) in [5, 5.41) is 14.2.